The fraction of sp³-hybridized carbons (Fsp3) is 0.429. The number of piperidine rings is 1. The van der Waals surface area contributed by atoms with Crippen LogP contribution >= 0.6 is 23.2 Å². The number of benzene rings is 1. The average Bonchev–Trinajstić information content (AvgIpc) is 2.65. The minimum Gasteiger partial charge on any atom is -0.387 e. The largest absolute Gasteiger partial charge is 0.387 e. The second kappa shape index (κ2) is 5.57. The Morgan fingerprint density at radius 3 is 2.29 bits per heavy atom. The Kier molecular flexibility index (Phi) is 3.92. The SMILES string of the molecule is O=C1c2cc(Cl)c(Cl)cc2C(=O)N1C[NH+]1CCC[C@@H](O)C1. The van der Waals surface area contributed by atoms with E-state index in [2.05, 4.69) is 0 Å². The van der Waals surface area contributed by atoms with Crippen molar-refractivity contribution in [3.05, 3.63) is 33.3 Å². The van der Waals surface area contributed by atoms with E-state index in [9.17, 15) is 14.7 Å². The van der Waals surface area contributed by atoms with Crippen LogP contribution in [-0.4, -0.2) is 47.7 Å². The molecule has 1 saturated heterocycles. The summed E-state index contributed by atoms with van der Waals surface area (Å²) >= 11 is 11.8. The summed E-state index contributed by atoms with van der Waals surface area (Å²) in [5.41, 5.74) is 0.595. The molecular weight excluding hydrogens is 315 g/mol. The number of hydrogen-bond acceptors (Lipinski definition) is 3. The third-order valence-corrected chi connectivity index (χ3v) is 4.71. The zero-order valence-corrected chi connectivity index (χ0v) is 12.7. The highest BCUT2D eigenvalue weighted by Gasteiger charge is 2.39. The summed E-state index contributed by atoms with van der Waals surface area (Å²) in [6.07, 6.45) is 1.29. The van der Waals surface area contributed by atoms with Crippen LogP contribution in [0.2, 0.25) is 10.0 Å². The first-order valence-corrected chi connectivity index (χ1v) is 7.60. The predicted molar refractivity (Wildman–Crippen MR) is 77.8 cm³/mol. The van der Waals surface area contributed by atoms with Gasteiger partial charge in [-0.1, -0.05) is 23.2 Å². The fourth-order valence-electron chi connectivity index (χ4n) is 2.92. The Morgan fingerprint density at radius 2 is 1.76 bits per heavy atom. The van der Waals surface area contributed by atoms with E-state index in [1.807, 2.05) is 0 Å². The average molecular weight is 330 g/mol. The lowest BCUT2D eigenvalue weighted by molar-refractivity contribution is -0.915. The summed E-state index contributed by atoms with van der Waals surface area (Å²) in [5, 5.41) is 10.2. The highest BCUT2D eigenvalue weighted by Crippen LogP contribution is 2.31. The smallest absolute Gasteiger partial charge is 0.266 e. The number of carbonyl (C=O) groups is 2. The molecule has 0 saturated carbocycles. The molecule has 1 unspecified atom stereocenters. The normalized spacial score (nSPS) is 25.4. The third-order valence-electron chi connectivity index (χ3n) is 3.99. The zero-order valence-electron chi connectivity index (χ0n) is 11.2. The van der Waals surface area contributed by atoms with Crippen molar-refractivity contribution < 1.29 is 19.6 Å². The molecule has 1 aromatic carbocycles. The molecule has 2 N–H and O–H groups in total. The van der Waals surface area contributed by atoms with E-state index in [1.54, 1.807) is 0 Å². The summed E-state index contributed by atoms with van der Waals surface area (Å²) in [6.45, 7) is 1.65. The zero-order chi connectivity index (χ0) is 15.1. The van der Waals surface area contributed by atoms with Gasteiger partial charge in [-0.2, -0.15) is 0 Å². The molecule has 0 spiro atoms. The highest BCUT2D eigenvalue weighted by atomic mass is 35.5. The lowest BCUT2D eigenvalue weighted by atomic mass is 10.1. The number of fused-ring (bicyclic) bond motifs is 1. The Labute approximate surface area is 132 Å². The van der Waals surface area contributed by atoms with E-state index in [4.69, 9.17) is 23.2 Å². The van der Waals surface area contributed by atoms with Gasteiger partial charge in [0, 0.05) is 0 Å². The van der Waals surface area contributed by atoms with E-state index in [-0.39, 0.29) is 34.6 Å². The Hall–Kier alpha value is -1.14. The fourth-order valence-corrected chi connectivity index (χ4v) is 3.25. The van der Waals surface area contributed by atoms with Crippen LogP contribution in [0.4, 0.5) is 0 Å². The van der Waals surface area contributed by atoms with Crippen LogP contribution in [0.1, 0.15) is 33.6 Å². The number of carbonyl (C=O) groups excluding carboxylic acids is 2. The van der Waals surface area contributed by atoms with Gasteiger partial charge in [-0.15, -0.1) is 0 Å². The van der Waals surface area contributed by atoms with Crippen LogP contribution in [0.5, 0.6) is 0 Å². The molecule has 1 fully saturated rings. The van der Waals surface area contributed by atoms with Crippen molar-refractivity contribution in [3.8, 4) is 0 Å². The maximum Gasteiger partial charge on any atom is 0.266 e. The lowest BCUT2D eigenvalue weighted by Gasteiger charge is -2.29. The predicted octanol–water partition coefficient (Wildman–Crippen LogP) is 0.587. The first-order chi connectivity index (χ1) is 9.97. The van der Waals surface area contributed by atoms with Crippen LogP contribution < -0.4 is 4.90 Å². The molecule has 7 heteroatoms. The summed E-state index contributed by atoms with van der Waals surface area (Å²) < 4.78 is 0. The van der Waals surface area contributed by atoms with E-state index in [1.165, 1.54) is 17.0 Å². The van der Waals surface area contributed by atoms with E-state index >= 15 is 0 Å². The molecule has 3 rings (SSSR count). The molecule has 2 amide bonds. The summed E-state index contributed by atoms with van der Waals surface area (Å²) in [7, 11) is 0. The van der Waals surface area contributed by atoms with Gasteiger partial charge >= 0.3 is 0 Å². The molecule has 0 bridgehead atoms. The monoisotopic (exact) mass is 329 g/mol. The van der Waals surface area contributed by atoms with Crippen LogP contribution in [0, 0.1) is 0 Å². The number of quaternary nitrogens is 1. The van der Waals surface area contributed by atoms with Gasteiger partial charge in [0.15, 0.2) is 6.67 Å². The number of rotatable bonds is 2. The van der Waals surface area contributed by atoms with Crippen LogP contribution in [0.3, 0.4) is 0 Å². The van der Waals surface area contributed by atoms with Crippen molar-refractivity contribution >= 4 is 35.0 Å². The van der Waals surface area contributed by atoms with Gasteiger partial charge in [0.25, 0.3) is 11.8 Å². The van der Waals surface area contributed by atoms with Gasteiger partial charge in [-0.25, -0.2) is 4.90 Å². The Bertz CT molecular complexity index is 579. The van der Waals surface area contributed by atoms with Crippen molar-refractivity contribution in [2.45, 2.75) is 18.9 Å². The number of aliphatic hydroxyl groups is 1. The number of likely N-dealkylation sites (tertiary alicyclic amines) is 1. The molecule has 1 aromatic rings. The van der Waals surface area contributed by atoms with Gasteiger partial charge in [-0.3, -0.25) is 9.59 Å². The standard InChI is InChI=1S/C14H14Cl2N2O3/c15-11-4-9-10(5-12(11)16)14(21)18(13(9)20)7-17-3-1-2-8(19)6-17/h4-5,8,19H,1-3,6-7H2/p+1/t8-/m1/s1. The Morgan fingerprint density at radius 1 is 1.19 bits per heavy atom. The first kappa shape index (κ1) is 14.8. The van der Waals surface area contributed by atoms with Gasteiger partial charge in [0.05, 0.1) is 27.7 Å². The summed E-state index contributed by atoms with van der Waals surface area (Å²) in [5.74, 6) is -0.692. The number of amides is 2. The molecule has 0 radical (unpaired) electrons. The van der Waals surface area contributed by atoms with Crippen LogP contribution in [0.25, 0.3) is 0 Å². The van der Waals surface area contributed by atoms with Crippen LogP contribution in [-0.2, 0) is 0 Å². The van der Waals surface area contributed by atoms with E-state index < -0.39 is 0 Å². The Balaban J connectivity index is 1.83. The second-order valence-electron chi connectivity index (χ2n) is 5.51. The third kappa shape index (κ3) is 2.66. The maximum atomic E-state index is 12.4. The number of nitrogens with one attached hydrogen (secondary N) is 1. The molecule has 2 atom stereocenters. The van der Waals surface area contributed by atoms with E-state index in [0.717, 1.165) is 24.3 Å². The maximum absolute atomic E-state index is 12.4. The molecule has 21 heavy (non-hydrogen) atoms. The molecule has 2 aliphatic heterocycles. The topological polar surface area (TPSA) is 62.0 Å². The van der Waals surface area contributed by atoms with Crippen molar-refractivity contribution in [1.82, 2.24) is 4.90 Å². The lowest BCUT2D eigenvalue weighted by Crippen LogP contribution is -3.15. The molecule has 5 nitrogen and oxygen atoms in total. The van der Waals surface area contributed by atoms with E-state index in [0.29, 0.717) is 17.7 Å². The molecular formula is C14H15Cl2N2O3+. The number of hydrogen-bond donors (Lipinski definition) is 2. The van der Waals surface area contributed by atoms with Gasteiger partial charge < -0.3 is 10.0 Å². The number of halogens is 2. The van der Waals surface area contributed by atoms with Gasteiger partial charge in [0.1, 0.15) is 12.6 Å². The minimum absolute atomic E-state index is 0.263. The quantitative estimate of drug-likeness (QED) is 0.780. The van der Waals surface area contributed by atoms with Gasteiger partial charge in [-0.05, 0) is 25.0 Å². The van der Waals surface area contributed by atoms with Crippen molar-refractivity contribution in [1.29, 1.82) is 0 Å². The number of imide groups is 1. The van der Waals surface area contributed by atoms with Crippen LogP contribution in [0.15, 0.2) is 12.1 Å². The molecule has 0 aromatic heterocycles. The number of aliphatic hydroxyl groups excluding tert-OH is 1. The molecule has 0 aliphatic carbocycles. The van der Waals surface area contributed by atoms with Gasteiger partial charge in [0.2, 0.25) is 0 Å². The molecule has 112 valence electrons. The second-order valence-corrected chi connectivity index (χ2v) is 6.32. The highest BCUT2D eigenvalue weighted by molar-refractivity contribution is 6.43. The summed E-state index contributed by atoms with van der Waals surface area (Å²) in [6, 6.07) is 2.89. The van der Waals surface area contributed by atoms with Crippen molar-refractivity contribution in [3.63, 3.8) is 0 Å². The summed E-state index contributed by atoms with van der Waals surface area (Å²) in [4.78, 5) is 26.9. The van der Waals surface area contributed by atoms with Crippen molar-refractivity contribution in [2.24, 2.45) is 0 Å². The van der Waals surface area contributed by atoms with Crippen molar-refractivity contribution in [2.75, 3.05) is 19.8 Å². The molecule has 2 heterocycles. The molecule has 2 aliphatic rings. The first-order valence-electron chi connectivity index (χ1n) is 6.84. The minimum atomic E-state index is -0.368. The number of nitrogens with zero attached hydrogens (tertiary/aromatic N) is 1.